The second-order valence-electron chi connectivity index (χ2n) is 7.56. The van der Waals surface area contributed by atoms with Gasteiger partial charge >= 0.3 is 5.97 Å². The van der Waals surface area contributed by atoms with Gasteiger partial charge in [0.25, 0.3) is 5.91 Å². The zero-order chi connectivity index (χ0) is 21.1. The van der Waals surface area contributed by atoms with Crippen LogP contribution >= 0.6 is 11.3 Å². The highest BCUT2D eigenvalue weighted by molar-refractivity contribution is 7.16. The molecule has 2 aromatic rings. The zero-order valence-corrected chi connectivity index (χ0v) is 18.0. The fourth-order valence-electron chi connectivity index (χ4n) is 2.89. The van der Waals surface area contributed by atoms with Gasteiger partial charge in [-0.15, -0.1) is 11.3 Å². The van der Waals surface area contributed by atoms with Gasteiger partial charge in [-0.05, 0) is 44.7 Å². The lowest BCUT2D eigenvalue weighted by molar-refractivity contribution is -0.133. The van der Waals surface area contributed by atoms with Crippen LogP contribution in [0, 0.1) is 26.7 Å². The minimum absolute atomic E-state index is 0.0404. The van der Waals surface area contributed by atoms with E-state index in [9.17, 15) is 14.4 Å². The largest absolute Gasteiger partial charge is 0.452 e. The Labute approximate surface area is 174 Å². The first-order valence-electron chi connectivity index (χ1n) is 9.63. The summed E-state index contributed by atoms with van der Waals surface area (Å²) >= 11 is 1.36. The highest BCUT2D eigenvalue weighted by Gasteiger charge is 2.32. The molecule has 7 heteroatoms. The van der Waals surface area contributed by atoms with Gasteiger partial charge in [0.15, 0.2) is 6.61 Å². The minimum atomic E-state index is -0.588. The smallest absolute Gasteiger partial charge is 0.341 e. The standard InChI is InChI=1S/C22H26N2O4S/c1-13-5-7-16(8-6-13)11-24(4)18(25)12-28-22(27)19-14(2)15(3)29-21(19)23-20(26)17-9-10-17/h5-8,17H,9-12H2,1-4H3,(H,23,26). The van der Waals surface area contributed by atoms with Crippen LogP contribution in [0.1, 0.15) is 44.8 Å². The molecule has 0 atom stereocenters. The Hall–Kier alpha value is -2.67. The van der Waals surface area contributed by atoms with E-state index in [0.717, 1.165) is 34.4 Å². The Morgan fingerprint density at radius 1 is 1.14 bits per heavy atom. The Bertz CT molecular complexity index is 929. The summed E-state index contributed by atoms with van der Waals surface area (Å²) < 4.78 is 5.29. The first-order valence-corrected chi connectivity index (χ1v) is 10.5. The number of thiophene rings is 1. The number of hydrogen-bond donors (Lipinski definition) is 1. The lowest BCUT2D eigenvalue weighted by Crippen LogP contribution is -2.31. The average molecular weight is 415 g/mol. The van der Waals surface area contributed by atoms with Gasteiger partial charge in [0.05, 0.1) is 5.56 Å². The van der Waals surface area contributed by atoms with E-state index in [1.54, 1.807) is 7.05 Å². The van der Waals surface area contributed by atoms with Crippen molar-refractivity contribution in [1.82, 2.24) is 4.90 Å². The Morgan fingerprint density at radius 3 is 2.41 bits per heavy atom. The number of ether oxygens (including phenoxy) is 1. The summed E-state index contributed by atoms with van der Waals surface area (Å²) in [5.74, 6) is -0.894. The fraction of sp³-hybridized carbons (Fsp3) is 0.409. The first kappa shape index (κ1) is 21.0. The van der Waals surface area contributed by atoms with Crippen molar-refractivity contribution in [3.63, 3.8) is 0 Å². The van der Waals surface area contributed by atoms with Crippen LogP contribution in [0.3, 0.4) is 0 Å². The molecule has 1 aliphatic rings. The number of esters is 1. The van der Waals surface area contributed by atoms with Gasteiger partial charge < -0.3 is 15.0 Å². The normalized spacial score (nSPS) is 13.1. The molecule has 0 radical (unpaired) electrons. The summed E-state index contributed by atoms with van der Waals surface area (Å²) in [5.41, 5.74) is 3.27. The quantitative estimate of drug-likeness (QED) is 0.699. The molecule has 0 saturated heterocycles. The van der Waals surface area contributed by atoms with Crippen LogP contribution in [-0.2, 0) is 20.9 Å². The van der Waals surface area contributed by atoms with Crippen LogP contribution in [0.25, 0.3) is 0 Å². The molecule has 0 unspecified atom stereocenters. The number of nitrogens with zero attached hydrogens (tertiary/aromatic N) is 1. The third-order valence-corrected chi connectivity index (χ3v) is 6.19. The molecule has 1 saturated carbocycles. The minimum Gasteiger partial charge on any atom is -0.452 e. The van der Waals surface area contributed by atoms with Crippen LogP contribution in [0.15, 0.2) is 24.3 Å². The molecule has 1 N–H and O–H groups in total. The Kier molecular flexibility index (Phi) is 6.37. The van der Waals surface area contributed by atoms with Crippen LogP contribution in [-0.4, -0.2) is 36.3 Å². The molecule has 1 aromatic heterocycles. The van der Waals surface area contributed by atoms with Crippen molar-refractivity contribution in [3.05, 3.63) is 51.4 Å². The molecular weight excluding hydrogens is 388 g/mol. The SMILES string of the molecule is Cc1ccc(CN(C)C(=O)COC(=O)c2c(NC(=O)C3CC3)sc(C)c2C)cc1. The number of rotatable bonds is 7. The predicted octanol–water partition coefficient (Wildman–Crippen LogP) is 3.84. The van der Waals surface area contributed by atoms with Crippen molar-refractivity contribution in [2.24, 2.45) is 5.92 Å². The van der Waals surface area contributed by atoms with Gasteiger partial charge in [-0.3, -0.25) is 9.59 Å². The van der Waals surface area contributed by atoms with Gasteiger partial charge in [0.1, 0.15) is 5.00 Å². The van der Waals surface area contributed by atoms with E-state index in [1.807, 2.05) is 45.0 Å². The third kappa shape index (κ3) is 5.23. The molecule has 0 aliphatic heterocycles. The summed E-state index contributed by atoms with van der Waals surface area (Å²) in [6.45, 7) is 5.82. The van der Waals surface area contributed by atoms with E-state index in [0.29, 0.717) is 17.1 Å². The van der Waals surface area contributed by atoms with Crippen molar-refractivity contribution in [2.45, 2.75) is 40.2 Å². The highest BCUT2D eigenvalue weighted by atomic mass is 32.1. The van der Waals surface area contributed by atoms with E-state index in [-0.39, 0.29) is 24.3 Å². The molecule has 1 aromatic carbocycles. The van der Waals surface area contributed by atoms with Crippen molar-refractivity contribution in [3.8, 4) is 0 Å². The van der Waals surface area contributed by atoms with Crippen LogP contribution in [0.5, 0.6) is 0 Å². The van der Waals surface area contributed by atoms with E-state index in [2.05, 4.69) is 5.32 Å². The Morgan fingerprint density at radius 2 is 1.79 bits per heavy atom. The number of aryl methyl sites for hydroxylation is 2. The fourth-order valence-corrected chi connectivity index (χ4v) is 3.94. The number of benzene rings is 1. The van der Waals surface area contributed by atoms with Crippen molar-refractivity contribution < 1.29 is 19.1 Å². The van der Waals surface area contributed by atoms with Crippen molar-refractivity contribution >= 4 is 34.1 Å². The summed E-state index contributed by atoms with van der Waals surface area (Å²) in [6.07, 6.45) is 1.77. The second kappa shape index (κ2) is 8.78. The summed E-state index contributed by atoms with van der Waals surface area (Å²) in [4.78, 5) is 39.6. The monoisotopic (exact) mass is 414 g/mol. The van der Waals surface area contributed by atoms with Crippen molar-refractivity contribution in [1.29, 1.82) is 0 Å². The zero-order valence-electron chi connectivity index (χ0n) is 17.2. The van der Waals surface area contributed by atoms with Gasteiger partial charge in [-0.25, -0.2) is 4.79 Å². The number of anilines is 1. The number of hydrogen-bond acceptors (Lipinski definition) is 5. The maximum atomic E-state index is 12.7. The highest BCUT2D eigenvalue weighted by Crippen LogP contribution is 2.36. The molecule has 2 amide bonds. The third-order valence-electron chi connectivity index (χ3n) is 5.07. The molecule has 0 spiro atoms. The van der Waals surface area contributed by atoms with Crippen LogP contribution < -0.4 is 5.32 Å². The molecule has 1 aliphatic carbocycles. The first-order chi connectivity index (χ1) is 13.8. The summed E-state index contributed by atoms with van der Waals surface area (Å²) in [5, 5.41) is 3.35. The lowest BCUT2D eigenvalue weighted by atomic mass is 10.1. The van der Waals surface area contributed by atoms with E-state index >= 15 is 0 Å². The van der Waals surface area contributed by atoms with E-state index in [4.69, 9.17) is 4.74 Å². The molecular formula is C22H26N2O4S. The Balaban J connectivity index is 1.60. The predicted molar refractivity (Wildman–Crippen MR) is 113 cm³/mol. The number of carbonyl (C=O) groups is 3. The molecule has 154 valence electrons. The van der Waals surface area contributed by atoms with E-state index in [1.165, 1.54) is 16.2 Å². The molecule has 1 heterocycles. The van der Waals surface area contributed by atoms with Gasteiger partial charge in [-0.2, -0.15) is 0 Å². The number of amides is 2. The van der Waals surface area contributed by atoms with Gasteiger partial charge in [-0.1, -0.05) is 29.8 Å². The molecule has 0 bridgehead atoms. The van der Waals surface area contributed by atoms with Gasteiger partial charge in [0, 0.05) is 24.4 Å². The van der Waals surface area contributed by atoms with E-state index < -0.39 is 5.97 Å². The lowest BCUT2D eigenvalue weighted by Gasteiger charge is -2.17. The van der Waals surface area contributed by atoms with Crippen LogP contribution in [0.4, 0.5) is 5.00 Å². The van der Waals surface area contributed by atoms with Crippen molar-refractivity contribution in [2.75, 3.05) is 19.0 Å². The number of likely N-dealkylation sites (N-methyl/N-ethyl adjacent to an activating group) is 1. The molecule has 1 fully saturated rings. The summed E-state index contributed by atoms with van der Waals surface area (Å²) in [6, 6.07) is 7.93. The average Bonchev–Trinajstić information content (AvgIpc) is 3.49. The topological polar surface area (TPSA) is 75.7 Å². The number of nitrogens with one attached hydrogen (secondary N) is 1. The molecule has 29 heavy (non-hydrogen) atoms. The maximum absolute atomic E-state index is 12.7. The number of carbonyl (C=O) groups excluding carboxylic acids is 3. The summed E-state index contributed by atoms with van der Waals surface area (Å²) in [7, 11) is 1.68. The molecule has 3 rings (SSSR count). The molecule has 6 nitrogen and oxygen atoms in total. The van der Waals surface area contributed by atoms with Gasteiger partial charge in [0.2, 0.25) is 5.91 Å². The maximum Gasteiger partial charge on any atom is 0.341 e. The van der Waals surface area contributed by atoms with Crippen LogP contribution in [0.2, 0.25) is 0 Å². The second-order valence-corrected chi connectivity index (χ2v) is 8.79.